The van der Waals surface area contributed by atoms with Gasteiger partial charge in [0.1, 0.15) is 0 Å². The number of benzene rings is 1. The molecule has 2 rings (SSSR count). The topological polar surface area (TPSA) is 20.2 Å². The predicted octanol–water partition coefficient (Wildman–Crippen LogP) is 3.75. The van der Waals surface area contributed by atoms with Crippen molar-refractivity contribution in [3.05, 3.63) is 41.3 Å². The molecule has 0 aromatic heterocycles. The minimum atomic E-state index is -0.234. The predicted molar refractivity (Wildman–Crippen MR) is 77.6 cm³/mol. The second-order valence-corrected chi connectivity index (χ2v) is 6.30. The summed E-state index contributed by atoms with van der Waals surface area (Å²) in [5.41, 5.74) is 0. The Bertz CT molecular complexity index is 388. The van der Waals surface area contributed by atoms with E-state index >= 15 is 0 Å². The number of thioether (sulfide) groups is 1. The Morgan fingerprint density at radius 1 is 1.29 bits per heavy atom. The average molecular weight is 266 g/mol. The largest absolute Gasteiger partial charge is 0.393 e. The molecule has 0 fully saturated rings. The third-order valence-corrected chi connectivity index (χ3v) is 4.91. The second kappa shape index (κ2) is 5.98. The summed E-state index contributed by atoms with van der Waals surface area (Å²) in [4.78, 5) is 2.57. The molecule has 1 aromatic carbocycles. The molecule has 0 radical (unpaired) electrons. The molecule has 0 aliphatic heterocycles. The van der Waals surface area contributed by atoms with Gasteiger partial charge in [-0.05, 0) is 35.8 Å². The van der Waals surface area contributed by atoms with Gasteiger partial charge in [-0.1, -0.05) is 43.0 Å². The van der Waals surface area contributed by atoms with Gasteiger partial charge in [-0.3, -0.25) is 0 Å². The molecule has 92 valence electrons. The lowest BCUT2D eigenvalue weighted by atomic mass is 10.00. The van der Waals surface area contributed by atoms with Gasteiger partial charge >= 0.3 is 0 Å². The van der Waals surface area contributed by atoms with Crippen LogP contribution in [0.15, 0.2) is 46.2 Å². The molecule has 0 spiro atoms. The van der Waals surface area contributed by atoms with E-state index in [0.29, 0.717) is 0 Å². The molecule has 0 amide bonds. The van der Waals surface area contributed by atoms with E-state index in [1.54, 1.807) is 11.8 Å². The minimum Gasteiger partial charge on any atom is -0.393 e. The third-order valence-electron chi connectivity index (χ3n) is 3.18. The molecule has 1 nitrogen and oxygen atoms in total. The highest BCUT2D eigenvalue weighted by Gasteiger charge is 2.24. The van der Waals surface area contributed by atoms with E-state index in [-0.39, 0.29) is 17.3 Å². The zero-order valence-electron chi connectivity index (χ0n) is 9.91. The summed E-state index contributed by atoms with van der Waals surface area (Å²) in [6.45, 7) is 2.06. The highest BCUT2D eigenvalue weighted by atomic mass is 32.2. The lowest BCUT2D eigenvalue weighted by Gasteiger charge is -2.19. The molecular formula is C14H18OS2. The summed E-state index contributed by atoms with van der Waals surface area (Å²) >= 11 is 6.35. The molecule has 0 heterocycles. The maximum Gasteiger partial charge on any atom is 0.0582 e. The van der Waals surface area contributed by atoms with E-state index in [4.69, 9.17) is 0 Å². The molecule has 17 heavy (non-hydrogen) atoms. The van der Waals surface area contributed by atoms with Crippen LogP contribution >= 0.6 is 24.4 Å². The summed E-state index contributed by atoms with van der Waals surface area (Å²) < 4.78 is 0. The van der Waals surface area contributed by atoms with E-state index in [1.165, 1.54) is 9.80 Å². The lowest BCUT2D eigenvalue weighted by Crippen LogP contribution is -2.23. The number of aliphatic hydroxyl groups is 1. The van der Waals surface area contributed by atoms with Crippen LogP contribution in [0.3, 0.4) is 0 Å². The number of aliphatic hydroxyl groups excluding tert-OH is 1. The number of thiol groups is 1. The Morgan fingerprint density at radius 2 is 2.00 bits per heavy atom. The molecule has 3 atom stereocenters. The van der Waals surface area contributed by atoms with Crippen LogP contribution in [-0.4, -0.2) is 16.5 Å². The van der Waals surface area contributed by atoms with E-state index in [1.807, 2.05) is 6.07 Å². The number of allylic oxidation sites excluding steroid dienone is 1. The van der Waals surface area contributed by atoms with E-state index in [9.17, 15) is 5.11 Å². The zero-order chi connectivity index (χ0) is 12.3. The van der Waals surface area contributed by atoms with Gasteiger partial charge in [-0.25, -0.2) is 0 Å². The second-order valence-electron chi connectivity index (χ2n) is 4.50. The van der Waals surface area contributed by atoms with E-state index in [2.05, 4.69) is 49.9 Å². The summed E-state index contributed by atoms with van der Waals surface area (Å²) in [6, 6.07) is 10.4. The first-order valence-corrected chi connectivity index (χ1v) is 7.30. The van der Waals surface area contributed by atoms with E-state index < -0.39 is 0 Å². The first kappa shape index (κ1) is 13.1. The van der Waals surface area contributed by atoms with Crippen molar-refractivity contribution < 1.29 is 5.11 Å². The fraction of sp³-hybridized carbons (Fsp3) is 0.429. The molecule has 3 heteroatoms. The number of hydrogen-bond acceptors (Lipinski definition) is 3. The van der Waals surface area contributed by atoms with Gasteiger partial charge in [0.05, 0.1) is 6.10 Å². The van der Waals surface area contributed by atoms with Gasteiger partial charge < -0.3 is 5.11 Å². The first-order valence-electron chi connectivity index (χ1n) is 5.96. The lowest BCUT2D eigenvalue weighted by molar-refractivity contribution is 0.115. The third kappa shape index (κ3) is 3.54. The smallest absolute Gasteiger partial charge is 0.0582 e. The Hall–Kier alpha value is -0.380. The van der Waals surface area contributed by atoms with Crippen LogP contribution in [0.25, 0.3) is 0 Å². The van der Waals surface area contributed by atoms with E-state index in [0.717, 1.165) is 12.8 Å². The Morgan fingerprint density at radius 3 is 2.71 bits per heavy atom. The first-order chi connectivity index (χ1) is 8.16. The maximum atomic E-state index is 9.92. The molecule has 0 unspecified atom stereocenters. The van der Waals surface area contributed by atoms with Crippen LogP contribution in [0.2, 0.25) is 0 Å². The quantitative estimate of drug-likeness (QED) is 0.795. The van der Waals surface area contributed by atoms with Crippen LogP contribution in [0.5, 0.6) is 0 Å². The van der Waals surface area contributed by atoms with Crippen molar-refractivity contribution in [2.45, 2.75) is 36.0 Å². The molecule has 1 aromatic rings. The molecule has 0 bridgehead atoms. The van der Waals surface area contributed by atoms with Crippen molar-refractivity contribution in [2.24, 2.45) is 5.92 Å². The number of hydrogen-bond donors (Lipinski definition) is 2. The standard InChI is InChI=1S/C14H18OS2/c1-10-13(15)8-7-12(9-14(10)16)17-11-5-3-2-4-6-11/h2-6,9-10,13-16H,7-8H2,1H3/t10-,13+,14-/m0/s1. The normalized spacial score (nSPS) is 29.6. The highest BCUT2D eigenvalue weighted by molar-refractivity contribution is 8.03. The van der Waals surface area contributed by atoms with Gasteiger partial charge in [0.15, 0.2) is 0 Å². The zero-order valence-corrected chi connectivity index (χ0v) is 11.6. The minimum absolute atomic E-state index is 0.152. The van der Waals surface area contributed by atoms with Crippen LogP contribution in [-0.2, 0) is 0 Å². The van der Waals surface area contributed by atoms with Gasteiger partial charge in [0.25, 0.3) is 0 Å². The van der Waals surface area contributed by atoms with Gasteiger partial charge in [-0.2, -0.15) is 12.6 Å². The Labute approximate surface area is 113 Å². The van der Waals surface area contributed by atoms with Crippen molar-refractivity contribution in [2.75, 3.05) is 0 Å². The Balaban J connectivity index is 2.08. The van der Waals surface area contributed by atoms with Gasteiger partial charge in [0, 0.05) is 10.1 Å². The summed E-state index contributed by atoms with van der Waals surface area (Å²) in [6.07, 6.45) is 3.75. The SMILES string of the molecule is C[C@H]1[C@H](O)CCC(Sc2ccccc2)=C[C@@H]1S. The van der Waals surface area contributed by atoms with Crippen LogP contribution in [0, 0.1) is 5.92 Å². The van der Waals surface area contributed by atoms with Gasteiger partial charge in [-0.15, -0.1) is 0 Å². The van der Waals surface area contributed by atoms with Crippen molar-refractivity contribution in [3.8, 4) is 0 Å². The van der Waals surface area contributed by atoms with Crippen molar-refractivity contribution in [1.82, 2.24) is 0 Å². The van der Waals surface area contributed by atoms with Crippen molar-refractivity contribution in [3.63, 3.8) is 0 Å². The molecule has 1 N–H and O–H groups in total. The summed E-state index contributed by atoms with van der Waals surface area (Å²) in [5.74, 6) is 0.229. The maximum absolute atomic E-state index is 9.92. The Kier molecular flexibility index (Phi) is 4.60. The summed E-state index contributed by atoms with van der Waals surface area (Å²) in [5, 5.41) is 10.1. The number of rotatable bonds is 2. The van der Waals surface area contributed by atoms with Gasteiger partial charge in [0.2, 0.25) is 0 Å². The highest BCUT2D eigenvalue weighted by Crippen LogP contribution is 2.35. The van der Waals surface area contributed by atoms with Crippen LogP contribution in [0.1, 0.15) is 19.8 Å². The fourth-order valence-electron chi connectivity index (χ4n) is 1.93. The van der Waals surface area contributed by atoms with Crippen LogP contribution < -0.4 is 0 Å². The monoisotopic (exact) mass is 266 g/mol. The fourth-order valence-corrected chi connectivity index (χ4v) is 3.44. The van der Waals surface area contributed by atoms with Crippen LogP contribution in [0.4, 0.5) is 0 Å². The molecule has 1 aliphatic carbocycles. The molecule has 0 saturated heterocycles. The molecular weight excluding hydrogens is 248 g/mol. The average Bonchev–Trinajstić information content (AvgIpc) is 2.45. The van der Waals surface area contributed by atoms with Crippen molar-refractivity contribution >= 4 is 24.4 Å². The summed E-state index contributed by atoms with van der Waals surface area (Å²) in [7, 11) is 0. The molecule has 0 saturated carbocycles. The van der Waals surface area contributed by atoms with Crippen molar-refractivity contribution in [1.29, 1.82) is 0 Å². The molecule has 1 aliphatic rings.